The third-order valence-corrected chi connectivity index (χ3v) is 4.14. The van der Waals surface area contributed by atoms with Crippen molar-refractivity contribution in [3.05, 3.63) is 65.7 Å². The maximum atomic E-state index is 12.2. The van der Waals surface area contributed by atoms with E-state index in [4.69, 9.17) is 4.74 Å². The van der Waals surface area contributed by atoms with E-state index in [1.165, 1.54) is 0 Å². The highest BCUT2D eigenvalue weighted by molar-refractivity contribution is 5.96. The molecular weight excluding hydrogens is 342 g/mol. The number of ether oxygens (including phenoxy) is 1. The van der Waals surface area contributed by atoms with Crippen molar-refractivity contribution in [1.29, 1.82) is 0 Å². The van der Waals surface area contributed by atoms with Crippen molar-refractivity contribution in [2.75, 3.05) is 32.1 Å². The first kappa shape index (κ1) is 20.6. The lowest BCUT2D eigenvalue weighted by molar-refractivity contribution is -0.115. The molecule has 144 valence electrons. The fourth-order valence-corrected chi connectivity index (χ4v) is 2.68. The zero-order valence-electron chi connectivity index (χ0n) is 15.8. The van der Waals surface area contributed by atoms with Gasteiger partial charge in [0.15, 0.2) is 0 Å². The minimum Gasteiger partial charge on any atom is -0.383 e. The lowest BCUT2D eigenvalue weighted by Crippen LogP contribution is -2.31. The number of anilines is 1. The normalized spacial score (nSPS) is 11.6. The number of hydrogen-bond donors (Lipinski definition) is 3. The molecule has 0 aliphatic rings. The third-order valence-electron chi connectivity index (χ3n) is 4.14. The van der Waals surface area contributed by atoms with Crippen LogP contribution in [0.25, 0.3) is 0 Å². The number of carbonyl (C=O) groups is 2. The standard InChI is InChI=1S/C21H27N3O3/c1-3-19(16-7-5-4-6-8-16)23-15-20(25)24-18-11-9-17(10-12-18)21(26)22-13-14-27-2/h4-12,19,23H,3,13-15H2,1-2H3,(H,22,26)(H,24,25). The molecule has 2 aromatic carbocycles. The molecule has 6 heteroatoms. The van der Waals surface area contributed by atoms with Gasteiger partial charge in [-0.1, -0.05) is 37.3 Å². The van der Waals surface area contributed by atoms with E-state index in [9.17, 15) is 9.59 Å². The van der Waals surface area contributed by atoms with Crippen LogP contribution < -0.4 is 16.0 Å². The minimum atomic E-state index is -0.166. The fraction of sp³-hybridized carbons (Fsp3) is 0.333. The van der Waals surface area contributed by atoms with Crippen molar-refractivity contribution in [3.63, 3.8) is 0 Å². The number of carbonyl (C=O) groups excluding carboxylic acids is 2. The van der Waals surface area contributed by atoms with Crippen molar-refractivity contribution in [2.24, 2.45) is 0 Å². The summed E-state index contributed by atoms with van der Waals surface area (Å²) in [5.74, 6) is -0.290. The first-order valence-electron chi connectivity index (χ1n) is 9.09. The molecule has 0 aromatic heterocycles. The fourth-order valence-electron chi connectivity index (χ4n) is 2.68. The highest BCUT2D eigenvalue weighted by atomic mass is 16.5. The Balaban J connectivity index is 1.82. The van der Waals surface area contributed by atoms with E-state index >= 15 is 0 Å². The topological polar surface area (TPSA) is 79.5 Å². The van der Waals surface area contributed by atoms with Gasteiger partial charge in [-0.3, -0.25) is 9.59 Å². The predicted molar refractivity (Wildman–Crippen MR) is 107 cm³/mol. The SMILES string of the molecule is CCC(NCC(=O)Nc1ccc(C(=O)NCCOC)cc1)c1ccccc1. The zero-order chi connectivity index (χ0) is 19.5. The molecule has 2 aromatic rings. The second-order valence-electron chi connectivity index (χ2n) is 6.13. The summed E-state index contributed by atoms with van der Waals surface area (Å²) in [5, 5.41) is 8.87. The molecule has 0 saturated heterocycles. The molecule has 0 aliphatic heterocycles. The summed E-state index contributed by atoms with van der Waals surface area (Å²) in [7, 11) is 1.58. The molecule has 0 spiro atoms. The van der Waals surface area contributed by atoms with Crippen molar-refractivity contribution < 1.29 is 14.3 Å². The third kappa shape index (κ3) is 6.84. The average molecular weight is 369 g/mol. The molecule has 3 N–H and O–H groups in total. The maximum Gasteiger partial charge on any atom is 0.251 e. The Kier molecular flexibility index (Phi) is 8.48. The van der Waals surface area contributed by atoms with Gasteiger partial charge >= 0.3 is 0 Å². The molecule has 0 radical (unpaired) electrons. The van der Waals surface area contributed by atoms with Crippen LogP contribution in [0, 0.1) is 0 Å². The summed E-state index contributed by atoms with van der Waals surface area (Å²) in [6.45, 7) is 3.22. The van der Waals surface area contributed by atoms with Gasteiger partial charge in [0.1, 0.15) is 0 Å². The van der Waals surface area contributed by atoms with Crippen LogP contribution in [0.4, 0.5) is 5.69 Å². The maximum absolute atomic E-state index is 12.2. The first-order valence-corrected chi connectivity index (χ1v) is 9.09. The summed E-state index contributed by atoms with van der Waals surface area (Å²) >= 11 is 0. The van der Waals surface area contributed by atoms with E-state index in [-0.39, 0.29) is 24.4 Å². The van der Waals surface area contributed by atoms with Crippen LogP contribution in [0.2, 0.25) is 0 Å². The lowest BCUT2D eigenvalue weighted by Gasteiger charge is -2.17. The van der Waals surface area contributed by atoms with E-state index < -0.39 is 0 Å². The Hall–Kier alpha value is -2.70. The predicted octanol–water partition coefficient (Wildman–Crippen LogP) is 2.74. The number of nitrogens with one attached hydrogen (secondary N) is 3. The van der Waals surface area contributed by atoms with Gasteiger partial charge in [-0.2, -0.15) is 0 Å². The summed E-state index contributed by atoms with van der Waals surface area (Å²) in [4.78, 5) is 24.1. The van der Waals surface area contributed by atoms with Crippen molar-refractivity contribution in [3.8, 4) is 0 Å². The number of rotatable bonds is 10. The van der Waals surface area contributed by atoms with Gasteiger partial charge in [0.2, 0.25) is 5.91 Å². The number of methoxy groups -OCH3 is 1. The highest BCUT2D eigenvalue weighted by Gasteiger charge is 2.11. The van der Waals surface area contributed by atoms with Gasteiger partial charge in [0, 0.05) is 30.9 Å². The summed E-state index contributed by atoms with van der Waals surface area (Å²) in [6, 6.07) is 17.0. The first-order chi connectivity index (χ1) is 13.1. The van der Waals surface area contributed by atoms with E-state index in [0.29, 0.717) is 24.4 Å². The summed E-state index contributed by atoms with van der Waals surface area (Å²) in [5.41, 5.74) is 2.36. The van der Waals surface area contributed by atoms with Crippen LogP contribution in [-0.2, 0) is 9.53 Å². The summed E-state index contributed by atoms with van der Waals surface area (Å²) in [6.07, 6.45) is 0.893. The number of amides is 2. The van der Waals surface area contributed by atoms with Crippen LogP contribution in [-0.4, -0.2) is 38.6 Å². The average Bonchev–Trinajstić information content (AvgIpc) is 2.70. The lowest BCUT2D eigenvalue weighted by atomic mass is 10.0. The van der Waals surface area contributed by atoms with Gasteiger partial charge in [0.05, 0.1) is 13.2 Å². The Bertz CT molecular complexity index is 717. The van der Waals surface area contributed by atoms with Gasteiger partial charge in [-0.25, -0.2) is 0 Å². The van der Waals surface area contributed by atoms with Crippen LogP contribution >= 0.6 is 0 Å². The smallest absolute Gasteiger partial charge is 0.251 e. The van der Waals surface area contributed by atoms with E-state index in [0.717, 1.165) is 12.0 Å². The highest BCUT2D eigenvalue weighted by Crippen LogP contribution is 2.15. The molecule has 0 aliphatic carbocycles. The quantitative estimate of drug-likeness (QED) is 0.563. The van der Waals surface area contributed by atoms with Gasteiger partial charge < -0.3 is 20.7 Å². The van der Waals surface area contributed by atoms with Gasteiger partial charge in [-0.15, -0.1) is 0 Å². The Morgan fingerprint density at radius 2 is 1.74 bits per heavy atom. The molecule has 2 rings (SSSR count). The second-order valence-corrected chi connectivity index (χ2v) is 6.13. The van der Waals surface area contributed by atoms with E-state index in [1.54, 1.807) is 31.4 Å². The van der Waals surface area contributed by atoms with Crippen LogP contribution in [0.5, 0.6) is 0 Å². The molecule has 0 fully saturated rings. The Labute approximate surface area is 160 Å². The van der Waals surface area contributed by atoms with Gasteiger partial charge in [0.25, 0.3) is 5.91 Å². The van der Waals surface area contributed by atoms with Crippen molar-refractivity contribution in [2.45, 2.75) is 19.4 Å². The van der Waals surface area contributed by atoms with E-state index in [1.807, 2.05) is 18.2 Å². The van der Waals surface area contributed by atoms with Crippen LogP contribution in [0.1, 0.15) is 35.3 Å². The minimum absolute atomic E-state index is 0.123. The summed E-state index contributed by atoms with van der Waals surface area (Å²) < 4.78 is 4.90. The monoisotopic (exact) mass is 369 g/mol. The van der Waals surface area contributed by atoms with E-state index in [2.05, 4.69) is 35.0 Å². The number of hydrogen-bond acceptors (Lipinski definition) is 4. The van der Waals surface area contributed by atoms with Crippen molar-refractivity contribution >= 4 is 17.5 Å². The molecule has 1 unspecified atom stereocenters. The largest absolute Gasteiger partial charge is 0.383 e. The molecule has 2 amide bonds. The zero-order valence-corrected chi connectivity index (χ0v) is 15.8. The molecular formula is C21H27N3O3. The van der Waals surface area contributed by atoms with Gasteiger partial charge in [-0.05, 0) is 36.2 Å². The van der Waals surface area contributed by atoms with Crippen LogP contribution in [0.3, 0.4) is 0 Å². The molecule has 6 nitrogen and oxygen atoms in total. The molecule has 0 saturated carbocycles. The second kappa shape index (κ2) is 11.1. The Morgan fingerprint density at radius 3 is 2.37 bits per heavy atom. The molecule has 0 bridgehead atoms. The Morgan fingerprint density at radius 1 is 1.04 bits per heavy atom. The molecule has 27 heavy (non-hydrogen) atoms. The molecule has 0 heterocycles. The molecule has 1 atom stereocenters. The van der Waals surface area contributed by atoms with Crippen molar-refractivity contribution in [1.82, 2.24) is 10.6 Å². The van der Waals surface area contributed by atoms with Crippen LogP contribution in [0.15, 0.2) is 54.6 Å². The number of benzene rings is 2.